The lowest BCUT2D eigenvalue weighted by Crippen LogP contribution is -2.41. The van der Waals surface area contributed by atoms with Crippen molar-refractivity contribution in [1.82, 2.24) is 25.2 Å². The number of halogens is 6. The number of nitrogens with one attached hydrogen (secondary N) is 2. The third-order valence-electron chi connectivity index (χ3n) is 7.35. The van der Waals surface area contributed by atoms with Crippen LogP contribution >= 0.6 is 0 Å². The molecule has 45 heavy (non-hydrogen) atoms. The molecule has 0 radical (unpaired) electrons. The summed E-state index contributed by atoms with van der Waals surface area (Å²) in [7, 11) is -1.42. The monoisotopic (exact) mass is 667 g/mol. The summed E-state index contributed by atoms with van der Waals surface area (Å²) in [4.78, 5) is 39.9. The van der Waals surface area contributed by atoms with Crippen LogP contribution in [0.1, 0.15) is 37.8 Å². The van der Waals surface area contributed by atoms with Gasteiger partial charge in [0.25, 0.3) is 5.56 Å². The van der Waals surface area contributed by atoms with Crippen LogP contribution in [0.3, 0.4) is 0 Å². The van der Waals surface area contributed by atoms with E-state index in [1.807, 2.05) is 0 Å². The molecule has 11 nitrogen and oxygen atoms in total. The molecule has 1 amide bonds. The normalized spacial score (nSPS) is 16.4. The third-order valence-corrected chi connectivity index (χ3v) is 9.06. The average molecular weight is 668 g/mol. The largest absolute Gasteiger partial charge is 0.423 e. The lowest BCUT2D eigenvalue weighted by atomic mass is 9.85. The van der Waals surface area contributed by atoms with Crippen LogP contribution in [0.25, 0.3) is 0 Å². The first-order chi connectivity index (χ1) is 20.9. The predicted octanol–water partition coefficient (Wildman–Crippen LogP) is 4.78. The number of rotatable bonds is 13. The molecule has 0 saturated carbocycles. The molecule has 3 heterocycles. The zero-order valence-electron chi connectivity index (χ0n) is 25.8. The van der Waals surface area contributed by atoms with E-state index in [4.69, 9.17) is 9.57 Å². The van der Waals surface area contributed by atoms with Gasteiger partial charge in [-0.3, -0.25) is 14.4 Å². The van der Waals surface area contributed by atoms with Gasteiger partial charge in [0, 0.05) is 52.1 Å². The van der Waals surface area contributed by atoms with Crippen LogP contribution in [0.4, 0.5) is 38.0 Å². The lowest BCUT2D eigenvalue weighted by Gasteiger charge is -2.34. The average Bonchev–Trinajstić information content (AvgIpc) is 2.94. The Labute approximate surface area is 257 Å². The molecule has 1 aliphatic rings. The van der Waals surface area contributed by atoms with Crippen LogP contribution in [0, 0.1) is 11.8 Å². The van der Waals surface area contributed by atoms with Gasteiger partial charge in [-0.15, -0.1) is 0 Å². The van der Waals surface area contributed by atoms with Crippen LogP contribution < -0.4 is 21.3 Å². The van der Waals surface area contributed by atoms with Crippen molar-refractivity contribution in [2.24, 2.45) is 11.8 Å². The number of anilines is 2. The summed E-state index contributed by atoms with van der Waals surface area (Å²) in [5.74, 6) is -0.789. The Morgan fingerprint density at radius 3 is 2.22 bits per heavy atom. The van der Waals surface area contributed by atoms with Crippen molar-refractivity contribution in [3.63, 3.8) is 0 Å². The molecule has 1 saturated heterocycles. The van der Waals surface area contributed by atoms with Gasteiger partial charge in [-0.2, -0.15) is 31.4 Å². The number of ether oxygens (including phenoxy) is 1. The van der Waals surface area contributed by atoms with Gasteiger partial charge in [-0.25, -0.2) is 20.1 Å². The molecular weight excluding hydrogens is 628 g/mol. The van der Waals surface area contributed by atoms with Gasteiger partial charge in [0.05, 0.1) is 24.1 Å². The van der Waals surface area contributed by atoms with Crippen molar-refractivity contribution in [3.05, 3.63) is 40.1 Å². The maximum absolute atomic E-state index is 13.8. The van der Waals surface area contributed by atoms with E-state index in [2.05, 4.69) is 45.5 Å². The molecule has 0 bridgehead atoms. The minimum atomic E-state index is -4.96. The number of hydrogen-bond acceptors (Lipinski definition) is 9. The first-order valence-electron chi connectivity index (χ1n) is 14.4. The molecular formula is C27H39F6N7O4Si. The summed E-state index contributed by atoms with van der Waals surface area (Å²) in [6, 6.07) is 0.0275. The second-order valence-electron chi connectivity index (χ2n) is 12.3. The van der Waals surface area contributed by atoms with Crippen molar-refractivity contribution in [2.75, 3.05) is 36.5 Å². The van der Waals surface area contributed by atoms with Crippen LogP contribution in [-0.2, 0) is 33.5 Å². The van der Waals surface area contributed by atoms with Gasteiger partial charge in [0.1, 0.15) is 12.3 Å². The summed E-state index contributed by atoms with van der Waals surface area (Å²) >= 11 is 0. The van der Waals surface area contributed by atoms with Crippen LogP contribution in [0.5, 0.6) is 0 Å². The Morgan fingerprint density at radius 1 is 1.04 bits per heavy atom. The van der Waals surface area contributed by atoms with E-state index in [0.717, 1.165) is 24.6 Å². The Hall–Kier alpha value is -3.25. The zero-order chi connectivity index (χ0) is 33.6. The summed E-state index contributed by atoms with van der Waals surface area (Å²) in [6.45, 7) is 10.1. The van der Waals surface area contributed by atoms with Gasteiger partial charge in [-0.1, -0.05) is 26.6 Å². The molecule has 1 aliphatic heterocycles. The maximum atomic E-state index is 13.8. The SMILES string of the molecule is CC(C(=O)NOC[C@H](C)Nc1cnn(COCC[Si](C)(C)C)c(=O)c1C(F)(F)F)C1CCN(c2ncc(C(F)(F)F)cn2)CC1. The summed E-state index contributed by atoms with van der Waals surface area (Å²) < 4.78 is 85.8. The van der Waals surface area contributed by atoms with E-state index in [0.29, 0.717) is 37.2 Å². The number of nitrogens with zero attached hydrogens (tertiary/aromatic N) is 5. The van der Waals surface area contributed by atoms with Crippen molar-refractivity contribution in [2.45, 2.75) is 77.5 Å². The van der Waals surface area contributed by atoms with E-state index in [9.17, 15) is 35.9 Å². The number of alkyl halides is 6. The smallest absolute Gasteiger partial charge is 0.378 e. The number of aromatic nitrogens is 4. The molecule has 252 valence electrons. The molecule has 1 fully saturated rings. The molecule has 2 aromatic heterocycles. The highest BCUT2D eigenvalue weighted by Crippen LogP contribution is 2.32. The highest BCUT2D eigenvalue weighted by molar-refractivity contribution is 6.76. The number of carbonyl (C=O) groups excluding carboxylic acids is 1. The standard InChI is InChI=1S/C27H39F6N7O4Si/c1-17(37-21-14-36-40(16-43-10-11-45(3,4)5)24(42)22(21)27(31,32)33)15-44-38-23(41)18(2)19-6-8-39(9-7-19)25-34-12-20(13-35-25)26(28,29)30/h12-14,17-19,37H,6-11,15-16H2,1-5H3,(H,38,41)/t17-,18?/m0/s1. The molecule has 2 atom stereocenters. The second kappa shape index (κ2) is 14.9. The van der Waals surface area contributed by atoms with Crippen molar-refractivity contribution in [1.29, 1.82) is 0 Å². The Kier molecular flexibility index (Phi) is 12.0. The quantitative estimate of drug-likeness (QED) is 0.134. The zero-order valence-corrected chi connectivity index (χ0v) is 26.8. The topological polar surface area (TPSA) is 124 Å². The molecule has 0 aromatic carbocycles. The fourth-order valence-corrected chi connectivity index (χ4v) is 5.33. The number of carbonyl (C=O) groups is 1. The van der Waals surface area contributed by atoms with Gasteiger partial charge in [0.15, 0.2) is 0 Å². The van der Waals surface area contributed by atoms with E-state index >= 15 is 0 Å². The molecule has 2 N–H and O–H groups in total. The minimum absolute atomic E-state index is 0.0544. The van der Waals surface area contributed by atoms with Crippen LogP contribution in [0.15, 0.2) is 23.4 Å². The second-order valence-corrected chi connectivity index (χ2v) is 17.9. The molecule has 0 aliphatic carbocycles. The number of hydroxylamine groups is 1. The van der Waals surface area contributed by atoms with E-state index in [1.165, 1.54) is 6.92 Å². The molecule has 2 aromatic rings. The fraction of sp³-hybridized carbons (Fsp3) is 0.667. The van der Waals surface area contributed by atoms with Crippen molar-refractivity contribution < 1.29 is 40.7 Å². The van der Waals surface area contributed by atoms with Gasteiger partial charge < -0.3 is 15.0 Å². The van der Waals surface area contributed by atoms with Gasteiger partial charge in [0.2, 0.25) is 11.9 Å². The van der Waals surface area contributed by atoms with E-state index in [-0.39, 0.29) is 18.5 Å². The first kappa shape index (κ1) is 36.2. The molecule has 1 unspecified atom stereocenters. The fourth-order valence-electron chi connectivity index (χ4n) is 4.58. The molecule has 0 spiro atoms. The number of amides is 1. The lowest BCUT2D eigenvalue weighted by molar-refractivity contribution is -0.139. The molecule has 18 heteroatoms. The van der Waals surface area contributed by atoms with E-state index < -0.39 is 67.4 Å². The highest BCUT2D eigenvalue weighted by atomic mass is 28.3. The van der Waals surface area contributed by atoms with E-state index in [1.54, 1.807) is 11.8 Å². The highest BCUT2D eigenvalue weighted by Gasteiger charge is 2.39. The third kappa shape index (κ3) is 10.7. The van der Waals surface area contributed by atoms with Crippen LogP contribution in [-0.4, -0.2) is 66.1 Å². The first-order valence-corrected chi connectivity index (χ1v) is 18.1. The van der Waals surface area contributed by atoms with Gasteiger partial charge in [-0.05, 0) is 31.7 Å². The maximum Gasteiger partial charge on any atom is 0.423 e. The minimum Gasteiger partial charge on any atom is -0.378 e. The Morgan fingerprint density at radius 2 is 1.67 bits per heavy atom. The number of piperidine rings is 1. The summed E-state index contributed by atoms with van der Waals surface area (Å²) in [5.41, 5.74) is -1.89. The van der Waals surface area contributed by atoms with Crippen molar-refractivity contribution >= 4 is 25.6 Å². The predicted molar refractivity (Wildman–Crippen MR) is 156 cm³/mol. The van der Waals surface area contributed by atoms with Gasteiger partial charge >= 0.3 is 12.4 Å². The Bertz CT molecular complexity index is 1330. The Balaban J connectivity index is 1.48. The summed E-state index contributed by atoms with van der Waals surface area (Å²) in [5, 5.41) is 6.41. The van der Waals surface area contributed by atoms with Crippen LogP contribution in [0.2, 0.25) is 25.7 Å². The molecule has 3 rings (SSSR count). The summed E-state index contributed by atoms with van der Waals surface area (Å²) in [6.07, 6.45) is -6.00. The number of hydrogen-bond donors (Lipinski definition) is 2. The van der Waals surface area contributed by atoms with Crippen molar-refractivity contribution in [3.8, 4) is 0 Å².